The summed E-state index contributed by atoms with van der Waals surface area (Å²) in [6, 6.07) is 7.39. The molecular formula is C23H25FN4O2. The SMILES string of the molecule is C=CCn1cnc2cc(C(=O)NOCC3CC3)c(Nc3ccc(C)cc3C)c(F)c21. The molecule has 1 aliphatic carbocycles. The van der Waals surface area contributed by atoms with Crippen molar-refractivity contribution in [3.8, 4) is 0 Å². The Balaban J connectivity index is 1.76. The second-order valence-corrected chi connectivity index (χ2v) is 7.80. The van der Waals surface area contributed by atoms with Crippen LogP contribution in [0.15, 0.2) is 43.2 Å². The lowest BCUT2D eigenvalue weighted by atomic mass is 10.1. The van der Waals surface area contributed by atoms with E-state index >= 15 is 4.39 Å². The number of carbonyl (C=O) groups excluding carboxylic acids is 1. The van der Waals surface area contributed by atoms with E-state index in [0.29, 0.717) is 30.1 Å². The van der Waals surface area contributed by atoms with Crippen LogP contribution in [0, 0.1) is 25.6 Å². The molecule has 1 aromatic heterocycles. The van der Waals surface area contributed by atoms with Gasteiger partial charge in [-0.2, -0.15) is 0 Å². The molecule has 0 aliphatic heterocycles. The van der Waals surface area contributed by atoms with Gasteiger partial charge in [-0.15, -0.1) is 6.58 Å². The predicted molar refractivity (Wildman–Crippen MR) is 115 cm³/mol. The van der Waals surface area contributed by atoms with E-state index < -0.39 is 11.7 Å². The fourth-order valence-corrected chi connectivity index (χ4v) is 3.42. The maximum absolute atomic E-state index is 15.7. The number of allylic oxidation sites excluding steroid dienone is 1. The number of rotatable bonds is 8. The molecule has 1 fully saturated rings. The van der Waals surface area contributed by atoms with E-state index in [9.17, 15) is 4.79 Å². The third-order valence-corrected chi connectivity index (χ3v) is 5.24. The Labute approximate surface area is 174 Å². The summed E-state index contributed by atoms with van der Waals surface area (Å²) in [5.41, 5.74) is 6.16. The topological polar surface area (TPSA) is 68.2 Å². The van der Waals surface area contributed by atoms with Gasteiger partial charge >= 0.3 is 0 Å². The Morgan fingerprint density at radius 2 is 2.17 bits per heavy atom. The highest BCUT2D eigenvalue weighted by molar-refractivity contribution is 6.04. The van der Waals surface area contributed by atoms with Crippen LogP contribution >= 0.6 is 0 Å². The van der Waals surface area contributed by atoms with Gasteiger partial charge in [-0.3, -0.25) is 9.63 Å². The van der Waals surface area contributed by atoms with Crippen molar-refractivity contribution in [2.75, 3.05) is 11.9 Å². The zero-order chi connectivity index (χ0) is 21.3. The number of aryl methyl sites for hydroxylation is 2. The van der Waals surface area contributed by atoms with Crippen LogP contribution in [0.25, 0.3) is 11.0 Å². The van der Waals surface area contributed by atoms with Crippen LogP contribution in [-0.4, -0.2) is 22.1 Å². The van der Waals surface area contributed by atoms with Crippen LogP contribution in [0.2, 0.25) is 0 Å². The van der Waals surface area contributed by atoms with Crippen molar-refractivity contribution in [2.45, 2.75) is 33.2 Å². The highest BCUT2D eigenvalue weighted by Crippen LogP contribution is 2.33. The van der Waals surface area contributed by atoms with E-state index in [-0.39, 0.29) is 11.3 Å². The van der Waals surface area contributed by atoms with Gasteiger partial charge in [0.15, 0.2) is 5.82 Å². The number of anilines is 2. The predicted octanol–water partition coefficient (Wildman–Crippen LogP) is 4.79. The van der Waals surface area contributed by atoms with Crippen molar-refractivity contribution in [1.29, 1.82) is 0 Å². The molecule has 3 aromatic rings. The zero-order valence-electron chi connectivity index (χ0n) is 17.2. The van der Waals surface area contributed by atoms with Gasteiger partial charge in [0.05, 0.1) is 29.7 Å². The number of hydrogen-bond donors (Lipinski definition) is 2. The molecule has 0 atom stereocenters. The summed E-state index contributed by atoms with van der Waals surface area (Å²) in [5.74, 6) is -0.562. The fraction of sp³-hybridized carbons (Fsp3) is 0.304. The van der Waals surface area contributed by atoms with E-state index in [1.54, 1.807) is 23.0 Å². The highest BCUT2D eigenvalue weighted by atomic mass is 19.1. The minimum Gasteiger partial charge on any atom is -0.352 e. The number of hydrogen-bond acceptors (Lipinski definition) is 4. The summed E-state index contributed by atoms with van der Waals surface area (Å²) in [5, 5.41) is 3.12. The van der Waals surface area contributed by atoms with E-state index in [1.807, 2.05) is 32.0 Å². The van der Waals surface area contributed by atoms with Crippen LogP contribution < -0.4 is 10.8 Å². The number of nitrogens with one attached hydrogen (secondary N) is 2. The summed E-state index contributed by atoms with van der Waals surface area (Å²) < 4.78 is 17.3. The molecule has 6 nitrogen and oxygen atoms in total. The maximum atomic E-state index is 15.7. The molecule has 2 aromatic carbocycles. The van der Waals surface area contributed by atoms with Crippen molar-refractivity contribution < 1.29 is 14.0 Å². The third kappa shape index (κ3) is 4.07. The normalized spacial score (nSPS) is 13.4. The first-order valence-electron chi connectivity index (χ1n) is 10.0. The largest absolute Gasteiger partial charge is 0.352 e. The Morgan fingerprint density at radius 3 is 2.87 bits per heavy atom. The number of carbonyl (C=O) groups is 1. The van der Waals surface area contributed by atoms with Crippen LogP contribution in [0.1, 0.15) is 34.3 Å². The van der Waals surface area contributed by atoms with Crippen LogP contribution in [0.5, 0.6) is 0 Å². The van der Waals surface area contributed by atoms with Gasteiger partial charge in [0.2, 0.25) is 0 Å². The molecule has 30 heavy (non-hydrogen) atoms. The number of hydroxylamine groups is 1. The minimum atomic E-state index is -0.542. The smallest absolute Gasteiger partial charge is 0.277 e. The van der Waals surface area contributed by atoms with Gasteiger partial charge in [-0.25, -0.2) is 14.9 Å². The van der Waals surface area contributed by atoms with Crippen LogP contribution in [0.4, 0.5) is 15.8 Å². The standard InChI is InChI=1S/C23H25FN4O2/c1-4-9-28-13-25-19-11-17(23(29)27-30-12-16-6-7-16)21(20(24)22(19)28)26-18-8-5-14(2)10-15(18)3/h4-5,8,10-11,13,16,26H,1,6-7,9,12H2,2-3H3,(H,27,29). The van der Waals surface area contributed by atoms with Gasteiger partial charge in [-0.1, -0.05) is 23.8 Å². The van der Waals surface area contributed by atoms with Gasteiger partial charge in [-0.05, 0) is 50.3 Å². The monoisotopic (exact) mass is 408 g/mol. The molecule has 4 rings (SSSR count). The first kappa shape index (κ1) is 20.1. The van der Waals surface area contributed by atoms with Gasteiger partial charge in [0, 0.05) is 12.2 Å². The van der Waals surface area contributed by atoms with Crippen molar-refractivity contribution in [3.63, 3.8) is 0 Å². The lowest BCUT2D eigenvalue weighted by Crippen LogP contribution is -2.26. The number of halogens is 1. The summed E-state index contributed by atoms with van der Waals surface area (Å²) >= 11 is 0. The molecule has 7 heteroatoms. The van der Waals surface area contributed by atoms with E-state index in [2.05, 4.69) is 22.4 Å². The molecule has 0 bridgehead atoms. The quantitative estimate of drug-likeness (QED) is 0.415. The molecule has 0 spiro atoms. The Hall–Kier alpha value is -3.19. The lowest BCUT2D eigenvalue weighted by Gasteiger charge is -2.16. The van der Waals surface area contributed by atoms with Crippen LogP contribution in [0.3, 0.4) is 0 Å². The second-order valence-electron chi connectivity index (χ2n) is 7.80. The minimum absolute atomic E-state index is 0.0905. The average molecular weight is 408 g/mol. The number of imidazole rings is 1. The molecular weight excluding hydrogens is 383 g/mol. The average Bonchev–Trinajstić information content (AvgIpc) is 3.45. The Bertz CT molecular complexity index is 1120. The van der Waals surface area contributed by atoms with Gasteiger partial charge in [0.25, 0.3) is 5.91 Å². The Morgan fingerprint density at radius 1 is 1.37 bits per heavy atom. The molecule has 1 amide bonds. The van der Waals surface area contributed by atoms with Crippen LogP contribution in [-0.2, 0) is 11.4 Å². The first-order chi connectivity index (χ1) is 14.5. The summed E-state index contributed by atoms with van der Waals surface area (Å²) in [6.07, 6.45) is 5.43. The lowest BCUT2D eigenvalue weighted by molar-refractivity contribution is 0.0271. The number of benzene rings is 2. The van der Waals surface area contributed by atoms with Crippen molar-refractivity contribution >= 4 is 28.3 Å². The Kier molecular flexibility index (Phi) is 5.55. The van der Waals surface area contributed by atoms with E-state index in [4.69, 9.17) is 4.84 Å². The third-order valence-electron chi connectivity index (χ3n) is 5.24. The molecule has 1 heterocycles. The summed E-state index contributed by atoms with van der Waals surface area (Å²) in [6.45, 7) is 8.52. The first-order valence-corrected chi connectivity index (χ1v) is 10.0. The molecule has 1 saturated carbocycles. The van der Waals surface area contributed by atoms with E-state index in [0.717, 1.165) is 29.7 Å². The van der Waals surface area contributed by atoms with Gasteiger partial charge < -0.3 is 9.88 Å². The van der Waals surface area contributed by atoms with Gasteiger partial charge in [0.1, 0.15) is 5.52 Å². The highest BCUT2D eigenvalue weighted by Gasteiger charge is 2.24. The molecule has 0 unspecified atom stereocenters. The number of amides is 1. The maximum Gasteiger partial charge on any atom is 0.277 e. The van der Waals surface area contributed by atoms with Crippen molar-refractivity contribution in [1.82, 2.24) is 15.0 Å². The molecule has 0 saturated heterocycles. The number of fused-ring (bicyclic) bond motifs is 1. The number of aromatic nitrogens is 2. The summed E-state index contributed by atoms with van der Waals surface area (Å²) in [7, 11) is 0. The zero-order valence-corrected chi connectivity index (χ0v) is 17.2. The fourth-order valence-electron chi connectivity index (χ4n) is 3.42. The summed E-state index contributed by atoms with van der Waals surface area (Å²) in [4.78, 5) is 22.4. The van der Waals surface area contributed by atoms with E-state index in [1.165, 1.54) is 0 Å². The molecule has 0 radical (unpaired) electrons. The molecule has 1 aliphatic rings. The second kappa shape index (κ2) is 8.28. The van der Waals surface area contributed by atoms with Crippen molar-refractivity contribution in [3.05, 3.63) is 65.8 Å². The molecule has 2 N–H and O–H groups in total. The van der Waals surface area contributed by atoms with Crippen molar-refractivity contribution in [2.24, 2.45) is 5.92 Å². The number of nitrogens with zero attached hydrogens (tertiary/aromatic N) is 2. The molecule has 156 valence electrons.